The molecule has 1 fully saturated rings. The maximum atomic E-state index is 5.88. The van der Waals surface area contributed by atoms with Gasteiger partial charge in [-0.2, -0.15) is 14.6 Å². The summed E-state index contributed by atoms with van der Waals surface area (Å²) in [5, 5.41) is 8.28. The zero-order valence-corrected chi connectivity index (χ0v) is 14.3. The highest BCUT2D eigenvalue weighted by atomic mass is 16.5. The zero-order valence-electron chi connectivity index (χ0n) is 14.3. The highest BCUT2D eigenvalue weighted by molar-refractivity contribution is 5.51. The Bertz CT molecular complexity index is 861. The van der Waals surface area contributed by atoms with Crippen LogP contribution in [0.3, 0.4) is 0 Å². The largest absolute Gasteiger partial charge is 0.377 e. The number of rotatable bonds is 5. The first-order valence-electron chi connectivity index (χ1n) is 8.21. The van der Waals surface area contributed by atoms with E-state index in [1.165, 1.54) is 0 Å². The average molecular weight is 344 g/mol. The fourth-order valence-electron chi connectivity index (χ4n) is 3.05. The first-order chi connectivity index (χ1) is 12.2. The topological polar surface area (TPSA) is 90.8 Å². The van der Waals surface area contributed by atoms with Gasteiger partial charge in [-0.05, 0) is 6.92 Å². The number of hydrogen-bond donors (Lipinski definition) is 0. The minimum atomic E-state index is -0.0244. The van der Waals surface area contributed by atoms with Crippen molar-refractivity contribution in [3.8, 4) is 0 Å². The molecule has 0 aromatic carbocycles. The number of fused-ring (bicyclic) bond motifs is 1. The molecule has 132 valence electrons. The lowest BCUT2D eigenvalue weighted by Gasteiger charge is -2.34. The number of nitrogens with zero attached hydrogens (tertiary/aromatic N) is 6. The molecular weight excluding hydrogens is 324 g/mol. The third kappa shape index (κ3) is 3.33. The highest BCUT2D eigenvalue weighted by Crippen LogP contribution is 2.21. The molecule has 0 saturated carbocycles. The van der Waals surface area contributed by atoms with Crippen LogP contribution in [0.2, 0.25) is 0 Å². The van der Waals surface area contributed by atoms with E-state index in [1.807, 2.05) is 23.6 Å². The van der Waals surface area contributed by atoms with Gasteiger partial charge in [-0.3, -0.25) is 0 Å². The number of morpholine rings is 1. The Morgan fingerprint density at radius 2 is 2.28 bits per heavy atom. The lowest BCUT2D eigenvalue weighted by molar-refractivity contribution is 0.0358. The molecule has 0 radical (unpaired) electrons. The molecule has 1 aliphatic heterocycles. The summed E-state index contributed by atoms with van der Waals surface area (Å²) in [5.41, 5.74) is 1.81. The molecule has 4 rings (SSSR count). The smallest absolute Gasteiger partial charge is 0.229 e. The number of aromatic nitrogens is 5. The molecule has 9 nitrogen and oxygen atoms in total. The molecule has 0 aliphatic carbocycles. The molecule has 1 aliphatic rings. The van der Waals surface area contributed by atoms with Gasteiger partial charge in [-0.25, -0.2) is 4.98 Å². The summed E-state index contributed by atoms with van der Waals surface area (Å²) >= 11 is 0. The predicted octanol–water partition coefficient (Wildman–Crippen LogP) is 1.02. The fourth-order valence-corrected chi connectivity index (χ4v) is 3.05. The van der Waals surface area contributed by atoms with E-state index in [1.54, 1.807) is 13.3 Å². The minimum absolute atomic E-state index is 0.0244. The van der Waals surface area contributed by atoms with Crippen molar-refractivity contribution in [3.63, 3.8) is 0 Å². The summed E-state index contributed by atoms with van der Waals surface area (Å²) in [4.78, 5) is 11.1. The number of ether oxygens (including phenoxy) is 2. The van der Waals surface area contributed by atoms with Crippen LogP contribution in [0, 0.1) is 6.92 Å². The quantitative estimate of drug-likeness (QED) is 0.677. The van der Waals surface area contributed by atoms with E-state index in [0.29, 0.717) is 31.3 Å². The summed E-state index contributed by atoms with van der Waals surface area (Å²) in [6.07, 6.45) is 2.31. The summed E-state index contributed by atoms with van der Waals surface area (Å²) in [5.74, 6) is 2.13. The standard InChI is InChI=1S/C16H20N6O3/c1-11-7-16(22-14(18-11)3-4-17-22)21-5-6-24-12(9-21)8-15-19-13(10-23-2)20-25-15/h3-4,7,12H,5-6,8-10H2,1-2H3/t12-/m0/s1. The maximum absolute atomic E-state index is 5.88. The Kier molecular flexibility index (Phi) is 4.33. The van der Waals surface area contributed by atoms with Gasteiger partial charge in [0.05, 0.1) is 25.3 Å². The summed E-state index contributed by atoms with van der Waals surface area (Å²) in [7, 11) is 1.60. The van der Waals surface area contributed by atoms with E-state index < -0.39 is 0 Å². The van der Waals surface area contributed by atoms with Gasteiger partial charge in [0.15, 0.2) is 11.5 Å². The van der Waals surface area contributed by atoms with Crippen molar-refractivity contribution in [3.05, 3.63) is 35.7 Å². The second-order valence-electron chi connectivity index (χ2n) is 6.04. The first kappa shape index (κ1) is 16.0. The minimum Gasteiger partial charge on any atom is -0.377 e. The average Bonchev–Trinajstić information content (AvgIpc) is 3.24. The normalized spacial score (nSPS) is 18.2. The van der Waals surface area contributed by atoms with Gasteiger partial charge in [0.2, 0.25) is 5.89 Å². The van der Waals surface area contributed by atoms with E-state index in [-0.39, 0.29) is 6.10 Å². The molecule has 1 atom stereocenters. The molecule has 0 bridgehead atoms. The number of anilines is 1. The van der Waals surface area contributed by atoms with Crippen molar-refractivity contribution in [1.82, 2.24) is 24.7 Å². The van der Waals surface area contributed by atoms with Gasteiger partial charge >= 0.3 is 0 Å². The van der Waals surface area contributed by atoms with Crippen LogP contribution >= 0.6 is 0 Å². The van der Waals surface area contributed by atoms with Crippen LogP contribution in [-0.4, -0.2) is 57.6 Å². The second-order valence-corrected chi connectivity index (χ2v) is 6.04. The molecule has 3 aromatic heterocycles. The summed E-state index contributed by atoms with van der Waals surface area (Å²) in [6.45, 7) is 4.49. The lowest BCUT2D eigenvalue weighted by Crippen LogP contribution is -2.44. The molecule has 25 heavy (non-hydrogen) atoms. The summed E-state index contributed by atoms with van der Waals surface area (Å²) in [6, 6.07) is 3.95. The van der Waals surface area contributed by atoms with Crippen LogP contribution in [0.1, 0.15) is 17.4 Å². The van der Waals surface area contributed by atoms with Crippen LogP contribution in [0.5, 0.6) is 0 Å². The summed E-state index contributed by atoms with van der Waals surface area (Å²) < 4.78 is 18.0. The monoisotopic (exact) mass is 344 g/mol. The van der Waals surface area contributed by atoms with Crippen LogP contribution < -0.4 is 4.90 Å². The molecule has 0 unspecified atom stereocenters. The molecule has 3 aromatic rings. The molecule has 0 spiro atoms. The molecule has 1 saturated heterocycles. The maximum Gasteiger partial charge on any atom is 0.229 e. The van der Waals surface area contributed by atoms with Crippen LogP contribution in [-0.2, 0) is 22.5 Å². The van der Waals surface area contributed by atoms with Crippen molar-refractivity contribution >= 4 is 11.5 Å². The Morgan fingerprint density at radius 3 is 3.16 bits per heavy atom. The molecule has 0 N–H and O–H groups in total. The van der Waals surface area contributed by atoms with Gasteiger partial charge in [0.25, 0.3) is 0 Å². The highest BCUT2D eigenvalue weighted by Gasteiger charge is 2.25. The SMILES string of the molecule is COCc1noc(C[C@H]2CN(c3cc(C)nc4ccnn34)CCO2)n1. The third-order valence-corrected chi connectivity index (χ3v) is 4.12. The van der Waals surface area contributed by atoms with Crippen molar-refractivity contribution in [2.45, 2.75) is 26.1 Å². The molecular formula is C16H20N6O3. The number of aryl methyl sites for hydroxylation is 1. The van der Waals surface area contributed by atoms with Crippen LogP contribution in [0.15, 0.2) is 22.9 Å². The third-order valence-electron chi connectivity index (χ3n) is 4.12. The zero-order chi connectivity index (χ0) is 17.2. The fraction of sp³-hybridized carbons (Fsp3) is 0.500. The Hall–Kier alpha value is -2.52. The number of hydrogen-bond acceptors (Lipinski definition) is 8. The first-order valence-corrected chi connectivity index (χ1v) is 8.21. The predicted molar refractivity (Wildman–Crippen MR) is 88.4 cm³/mol. The van der Waals surface area contributed by atoms with Crippen LogP contribution in [0.25, 0.3) is 5.65 Å². The van der Waals surface area contributed by atoms with Gasteiger partial charge < -0.3 is 18.9 Å². The molecule has 4 heterocycles. The Morgan fingerprint density at radius 1 is 1.36 bits per heavy atom. The van der Waals surface area contributed by atoms with E-state index >= 15 is 0 Å². The van der Waals surface area contributed by atoms with Gasteiger partial charge in [0, 0.05) is 38.0 Å². The van der Waals surface area contributed by atoms with E-state index in [0.717, 1.165) is 30.2 Å². The van der Waals surface area contributed by atoms with Crippen molar-refractivity contribution in [2.24, 2.45) is 0 Å². The lowest BCUT2D eigenvalue weighted by atomic mass is 10.2. The van der Waals surface area contributed by atoms with Gasteiger partial charge in [-0.1, -0.05) is 5.16 Å². The molecule has 0 amide bonds. The van der Waals surface area contributed by atoms with Gasteiger partial charge in [-0.15, -0.1) is 0 Å². The Balaban J connectivity index is 1.51. The second kappa shape index (κ2) is 6.77. The van der Waals surface area contributed by atoms with E-state index in [4.69, 9.17) is 14.0 Å². The van der Waals surface area contributed by atoms with Crippen molar-refractivity contribution < 1.29 is 14.0 Å². The van der Waals surface area contributed by atoms with Crippen LogP contribution in [0.4, 0.5) is 5.82 Å². The van der Waals surface area contributed by atoms with Gasteiger partial charge in [0.1, 0.15) is 12.4 Å². The van der Waals surface area contributed by atoms with Crippen molar-refractivity contribution in [2.75, 3.05) is 31.7 Å². The number of methoxy groups -OCH3 is 1. The van der Waals surface area contributed by atoms with Crippen molar-refractivity contribution in [1.29, 1.82) is 0 Å². The molecule has 9 heteroatoms. The van der Waals surface area contributed by atoms with E-state index in [2.05, 4.69) is 25.1 Å². The van der Waals surface area contributed by atoms with E-state index in [9.17, 15) is 0 Å². The Labute approximate surface area is 144 Å².